The predicted molar refractivity (Wildman–Crippen MR) is 269 cm³/mol. The third-order valence-electron chi connectivity index (χ3n) is 12.5. The highest BCUT2D eigenvalue weighted by Crippen LogP contribution is 2.33. The number of azide groups is 1. The monoisotopic (exact) mass is 1030 g/mol. The summed E-state index contributed by atoms with van der Waals surface area (Å²) >= 11 is 19.5. The average Bonchev–Trinajstić information content (AvgIpc) is 3.67. The molecule has 20 heteroatoms. The summed E-state index contributed by atoms with van der Waals surface area (Å²) in [7, 11) is -4.49. The van der Waals surface area contributed by atoms with Crippen molar-refractivity contribution in [3.05, 3.63) is 162 Å². The SMILES string of the molecule is CCCCN(Cc1ccc(Cl)c(Cl)c1)C(=O)c1nn(-c2ccc(C(=O)NS(=O)(=O)c3ccc4cccc(OCCN5CCOCC5)c4c3)cc2C(=O)N2Cc3ccccc3C[C@H]2CN=[N+]=[N-])c(C)c1Cl. The van der Waals surface area contributed by atoms with Gasteiger partial charge in [-0.2, -0.15) is 5.10 Å². The molecule has 1 saturated heterocycles. The van der Waals surface area contributed by atoms with Crippen LogP contribution in [-0.4, -0.2) is 109 Å². The number of amides is 3. The summed E-state index contributed by atoms with van der Waals surface area (Å²) in [5.41, 5.74) is 12.1. The zero-order valence-electron chi connectivity index (χ0n) is 38.5. The molecule has 0 spiro atoms. The standard InChI is InChI=1S/C50H50Cl3N9O7S/c1-3-4-18-60(30-33-12-16-42(51)43(52)25-33)50(65)47-46(53)32(2)62(56-47)44-17-14-36(27-41(44)49(64)61-31-37-9-6-5-8-35(37)26-38(61)29-55-58-54)48(63)57-70(66,67)39-15-13-34-10-7-11-45(40(34)28-39)69-24-21-59-19-22-68-23-20-59/h5-17,25,27-28,38H,3-4,18-24,26,29-31H2,1-2H3,(H,57,63)/t38-/m0/s1. The first-order valence-corrected chi connectivity index (χ1v) is 25.4. The highest BCUT2D eigenvalue weighted by atomic mass is 35.5. The van der Waals surface area contributed by atoms with Crippen LogP contribution in [0.2, 0.25) is 15.1 Å². The summed E-state index contributed by atoms with van der Waals surface area (Å²) in [4.78, 5) is 51.9. The topological polar surface area (TPSA) is 192 Å². The fourth-order valence-electron chi connectivity index (χ4n) is 8.64. The molecule has 70 heavy (non-hydrogen) atoms. The normalized spacial score (nSPS) is 15.0. The van der Waals surface area contributed by atoms with Crippen LogP contribution in [0.15, 0.2) is 107 Å². The number of unbranched alkanes of at least 4 members (excludes halogenated alkanes) is 1. The van der Waals surface area contributed by atoms with E-state index in [-0.39, 0.29) is 52.1 Å². The number of halogens is 3. The lowest BCUT2D eigenvalue weighted by Gasteiger charge is -2.36. The maximum atomic E-state index is 15.1. The second-order valence-corrected chi connectivity index (χ2v) is 19.9. The molecule has 5 aromatic carbocycles. The van der Waals surface area contributed by atoms with Crippen molar-refractivity contribution in [1.29, 1.82) is 0 Å². The van der Waals surface area contributed by atoms with E-state index in [2.05, 4.69) is 19.6 Å². The van der Waals surface area contributed by atoms with E-state index in [0.717, 1.165) is 41.6 Å². The zero-order chi connectivity index (χ0) is 49.5. The lowest BCUT2D eigenvalue weighted by atomic mass is 9.93. The zero-order valence-corrected chi connectivity index (χ0v) is 41.6. The molecule has 8 rings (SSSR count). The summed E-state index contributed by atoms with van der Waals surface area (Å²) in [6, 6.07) is 26.2. The van der Waals surface area contributed by atoms with Gasteiger partial charge in [0.1, 0.15) is 12.4 Å². The molecule has 16 nitrogen and oxygen atoms in total. The minimum atomic E-state index is -4.49. The molecule has 0 unspecified atom stereocenters. The highest BCUT2D eigenvalue weighted by molar-refractivity contribution is 7.90. The van der Waals surface area contributed by atoms with Gasteiger partial charge in [0.05, 0.1) is 50.1 Å². The van der Waals surface area contributed by atoms with Gasteiger partial charge in [-0.15, -0.1) is 0 Å². The fourth-order valence-corrected chi connectivity index (χ4v) is 10.2. The smallest absolute Gasteiger partial charge is 0.276 e. The number of ether oxygens (including phenoxy) is 2. The van der Waals surface area contributed by atoms with Crippen molar-refractivity contribution in [3.8, 4) is 11.4 Å². The summed E-state index contributed by atoms with van der Waals surface area (Å²) in [6.45, 7) is 8.24. The molecule has 3 amide bonds. The lowest BCUT2D eigenvalue weighted by molar-refractivity contribution is 0.0323. The Hall–Kier alpha value is -6.17. The van der Waals surface area contributed by atoms with Gasteiger partial charge < -0.3 is 19.3 Å². The molecule has 2 aliphatic rings. The number of rotatable bonds is 17. The quantitative estimate of drug-likeness (QED) is 0.0527. The first-order chi connectivity index (χ1) is 33.8. The van der Waals surface area contributed by atoms with Crippen molar-refractivity contribution < 1.29 is 32.3 Å². The van der Waals surface area contributed by atoms with Gasteiger partial charge in [0.2, 0.25) is 0 Å². The molecule has 1 atom stereocenters. The van der Waals surface area contributed by atoms with Crippen molar-refractivity contribution in [3.63, 3.8) is 0 Å². The Kier molecular flexibility index (Phi) is 16.0. The van der Waals surface area contributed by atoms with Crippen LogP contribution in [0, 0.1) is 6.92 Å². The van der Waals surface area contributed by atoms with Gasteiger partial charge in [-0.3, -0.25) is 19.3 Å². The Morgan fingerprint density at radius 2 is 1.74 bits per heavy atom. The number of aromatic nitrogens is 2. The molecule has 1 N–H and O–H groups in total. The third-order valence-corrected chi connectivity index (χ3v) is 15.0. The molecule has 2 aliphatic heterocycles. The lowest BCUT2D eigenvalue weighted by Crippen LogP contribution is -2.46. The fraction of sp³-hybridized carbons (Fsp3) is 0.320. The van der Waals surface area contributed by atoms with Gasteiger partial charge in [-0.1, -0.05) is 102 Å². The van der Waals surface area contributed by atoms with Crippen LogP contribution in [0.25, 0.3) is 26.9 Å². The number of nitrogens with zero attached hydrogens (tertiary/aromatic N) is 8. The van der Waals surface area contributed by atoms with Gasteiger partial charge >= 0.3 is 0 Å². The molecule has 0 saturated carbocycles. The maximum Gasteiger partial charge on any atom is 0.276 e. The first-order valence-electron chi connectivity index (χ1n) is 22.8. The number of carbonyl (C=O) groups excluding carboxylic acids is 3. The summed E-state index contributed by atoms with van der Waals surface area (Å²) in [5, 5.41) is 10.6. The van der Waals surface area contributed by atoms with Crippen LogP contribution in [-0.2, 0) is 34.3 Å². The van der Waals surface area contributed by atoms with Gasteiger partial charge in [0, 0.05) is 67.7 Å². The predicted octanol–water partition coefficient (Wildman–Crippen LogP) is 9.44. The van der Waals surface area contributed by atoms with Crippen molar-refractivity contribution in [2.75, 3.05) is 52.5 Å². The third kappa shape index (κ3) is 11.2. The Balaban J connectivity index is 1.14. The minimum absolute atomic E-state index is 0.0427. The summed E-state index contributed by atoms with van der Waals surface area (Å²) < 4.78 is 43.2. The first kappa shape index (κ1) is 50.2. The summed E-state index contributed by atoms with van der Waals surface area (Å²) in [6.07, 6.45) is 1.86. The van der Waals surface area contributed by atoms with Gasteiger partial charge in [-0.05, 0) is 95.9 Å². The van der Waals surface area contributed by atoms with Gasteiger partial charge in [0.15, 0.2) is 5.69 Å². The molecular formula is C50H50Cl3N9O7S. The Morgan fingerprint density at radius 1 is 0.957 bits per heavy atom. The Bertz CT molecular complexity index is 3120. The van der Waals surface area contributed by atoms with Crippen LogP contribution >= 0.6 is 34.8 Å². The van der Waals surface area contributed by atoms with E-state index in [4.69, 9.17) is 49.4 Å². The largest absolute Gasteiger partial charge is 0.492 e. The second-order valence-electron chi connectivity index (χ2n) is 17.1. The van der Waals surface area contributed by atoms with Crippen LogP contribution in [0.4, 0.5) is 0 Å². The van der Waals surface area contributed by atoms with E-state index >= 15 is 4.79 Å². The van der Waals surface area contributed by atoms with Gasteiger partial charge in [-0.25, -0.2) is 17.8 Å². The van der Waals surface area contributed by atoms with Gasteiger partial charge in [0.25, 0.3) is 27.7 Å². The number of fused-ring (bicyclic) bond motifs is 2. The molecular weight excluding hydrogens is 977 g/mol. The number of carbonyl (C=O) groups is 3. The van der Waals surface area contributed by atoms with Crippen molar-refractivity contribution >= 4 is 73.3 Å². The van der Waals surface area contributed by atoms with Crippen molar-refractivity contribution in [1.82, 2.24) is 29.2 Å². The second kappa shape index (κ2) is 22.3. The molecule has 0 aliphatic carbocycles. The Labute approximate surface area is 420 Å². The number of morpholine rings is 1. The highest BCUT2D eigenvalue weighted by Gasteiger charge is 2.34. The maximum absolute atomic E-state index is 15.1. The molecule has 1 fully saturated rings. The molecule has 6 aromatic rings. The number of hydrogen-bond donors (Lipinski definition) is 1. The van der Waals surface area contributed by atoms with E-state index < -0.39 is 33.8 Å². The van der Waals surface area contributed by atoms with Crippen LogP contribution in [0.1, 0.15) is 73.4 Å². The van der Waals surface area contributed by atoms with Crippen LogP contribution in [0.3, 0.4) is 0 Å². The molecule has 0 radical (unpaired) electrons. The van der Waals surface area contributed by atoms with Crippen LogP contribution in [0.5, 0.6) is 5.75 Å². The van der Waals surface area contributed by atoms with Crippen molar-refractivity contribution in [2.24, 2.45) is 5.11 Å². The van der Waals surface area contributed by atoms with E-state index in [1.165, 1.54) is 35.0 Å². The minimum Gasteiger partial charge on any atom is -0.492 e. The van der Waals surface area contributed by atoms with Crippen molar-refractivity contribution in [2.45, 2.75) is 57.1 Å². The molecule has 364 valence electrons. The van der Waals surface area contributed by atoms with Crippen LogP contribution < -0.4 is 9.46 Å². The number of benzene rings is 5. The Morgan fingerprint density at radius 3 is 2.50 bits per heavy atom. The summed E-state index contributed by atoms with van der Waals surface area (Å²) in [5.74, 6) is -1.56. The average molecular weight is 1030 g/mol. The molecule has 0 bridgehead atoms. The molecule has 3 heterocycles. The number of hydrogen-bond acceptors (Lipinski definition) is 10. The van der Waals surface area contributed by atoms with E-state index in [1.807, 2.05) is 43.3 Å². The molecule has 1 aromatic heterocycles. The van der Waals surface area contributed by atoms with E-state index in [1.54, 1.807) is 47.1 Å². The van der Waals surface area contributed by atoms with E-state index in [9.17, 15) is 23.5 Å². The number of nitrogens with one attached hydrogen (secondary N) is 1. The number of sulfonamides is 1. The van der Waals surface area contributed by atoms with E-state index in [0.29, 0.717) is 72.6 Å².